The molecule has 1 heterocycles. The van der Waals surface area contributed by atoms with Crippen LogP contribution in [0.3, 0.4) is 0 Å². The van der Waals surface area contributed by atoms with Crippen molar-refractivity contribution in [2.75, 3.05) is 7.05 Å². The summed E-state index contributed by atoms with van der Waals surface area (Å²) in [6.07, 6.45) is 4.22. The molecule has 16 heavy (non-hydrogen) atoms. The number of nitrogens with zero attached hydrogens (tertiary/aromatic N) is 1. The van der Waals surface area contributed by atoms with Crippen LogP contribution in [0.15, 0.2) is 24.4 Å². The van der Waals surface area contributed by atoms with Crippen LogP contribution >= 0.6 is 0 Å². The van der Waals surface area contributed by atoms with Gasteiger partial charge in [-0.05, 0) is 47.2 Å². The van der Waals surface area contributed by atoms with Crippen LogP contribution in [-0.4, -0.2) is 28.9 Å². The Labute approximate surface area is 98.2 Å². The van der Waals surface area contributed by atoms with Gasteiger partial charge in [0.25, 0.3) is 5.91 Å². The van der Waals surface area contributed by atoms with Crippen molar-refractivity contribution >= 4 is 5.91 Å². The summed E-state index contributed by atoms with van der Waals surface area (Å²) in [4.78, 5) is 13.5. The number of carbonyl (C=O) groups excluding carboxylic acids is 1. The Morgan fingerprint density at radius 2 is 1.88 bits per heavy atom. The van der Waals surface area contributed by atoms with Crippen LogP contribution in [0.5, 0.6) is 0 Å². The van der Waals surface area contributed by atoms with E-state index in [-0.39, 0.29) is 17.0 Å². The van der Waals surface area contributed by atoms with Crippen LogP contribution in [0.4, 0.5) is 0 Å². The zero-order chi connectivity index (χ0) is 12.6. The lowest BCUT2D eigenvalue weighted by Crippen LogP contribution is -2.51. The first kappa shape index (κ1) is 13.0. The summed E-state index contributed by atoms with van der Waals surface area (Å²) in [5.74, 6) is 0.0295. The van der Waals surface area contributed by atoms with Crippen LogP contribution in [0.25, 0.3) is 0 Å². The Bertz CT molecular complexity index is 322. The Kier molecular flexibility index (Phi) is 3.29. The summed E-state index contributed by atoms with van der Waals surface area (Å²) in [5.41, 5.74) is 0.540. The smallest absolute Gasteiger partial charge is 0.251 e. The Morgan fingerprint density at radius 3 is 2.25 bits per heavy atom. The minimum atomic E-state index is -0.232. The molecule has 0 saturated carbocycles. The zero-order valence-electron chi connectivity index (χ0n) is 10.9. The summed E-state index contributed by atoms with van der Waals surface area (Å²) in [6, 6.07) is 0. The fraction of sp³-hybridized carbons (Fsp3) is 0.615. The SMILES string of the molecule is C=C1C=CC(=O)N1C(C)(C)CC(C)(C)NC. The van der Waals surface area contributed by atoms with E-state index in [4.69, 9.17) is 0 Å². The molecule has 1 rings (SSSR count). The normalized spacial score (nSPS) is 17.4. The molecule has 3 heteroatoms. The second-order valence-corrected chi connectivity index (χ2v) is 5.62. The van der Waals surface area contributed by atoms with Crippen LogP contribution in [0, 0.1) is 0 Å². The lowest BCUT2D eigenvalue weighted by Gasteiger charge is -2.41. The van der Waals surface area contributed by atoms with E-state index in [2.05, 4.69) is 39.6 Å². The van der Waals surface area contributed by atoms with E-state index >= 15 is 0 Å². The molecular weight excluding hydrogens is 200 g/mol. The van der Waals surface area contributed by atoms with Crippen molar-refractivity contribution in [2.24, 2.45) is 0 Å². The molecule has 3 nitrogen and oxygen atoms in total. The van der Waals surface area contributed by atoms with E-state index in [0.29, 0.717) is 0 Å². The first-order valence-corrected chi connectivity index (χ1v) is 5.60. The molecule has 0 radical (unpaired) electrons. The highest BCUT2D eigenvalue weighted by Crippen LogP contribution is 2.31. The second-order valence-electron chi connectivity index (χ2n) is 5.62. The van der Waals surface area contributed by atoms with Gasteiger partial charge in [-0.1, -0.05) is 6.58 Å². The third-order valence-electron chi connectivity index (χ3n) is 3.08. The zero-order valence-corrected chi connectivity index (χ0v) is 10.9. The lowest BCUT2D eigenvalue weighted by molar-refractivity contribution is -0.127. The molecule has 1 aliphatic heterocycles. The van der Waals surface area contributed by atoms with Gasteiger partial charge in [0.1, 0.15) is 0 Å². The molecular formula is C13H22N2O. The number of nitrogens with one attached hydrogen (secondary N) is 1. The van der Waals surface area contributed by atoms with E-state index in [9.17, 15) is 4.79 Å². The molecule has 0 unspecified atom stereocenters. The fourth-order valence-corrected chi connectivity index (χ4v) is 2.39. The molecule has 1 N–H and O–H groups in total. The summed E-state index contributed by atoms with van der Waals surface area (Å²) in [5, 5.41) is 3.26. The molecule has 0 bridgehead atoms. The minimum absolute atomic E-state index is 0.00729. The standard InChI is InChI=1S/C13H22N2O/c1-10-7-8-11(16)15(10)13(4,5)9-12(2,3)14-6/h7-8,14H,1,9H2,2-6H3. The molecule has 0 aliphatic carbocycles. The summed E-state index contributed by atoms with van der Waals surface area (Å²) in [6.45, 7) is 12.3. The Balaban J connectivity index is 2.86. The first-order chi connectivity index (χ1) is 7.19. The lowest BCUT2D eigenvalue weighted by atomic mass is 9.85. The molecule has 0 aromatic heterocycles. The topological polar surface area (TPSA) is 32.3 Å². The average molecular weight is 222 g/mol. The van der Waals surface area contributed by atoms with Gasteiger partial charge in [0, 0.05) is 22.9 Å². The van der Waals surface area contributed by atoms with E-state index in [1.807, 2.05) is 7.05 Å². The number of rotatable bonds is 4. The maximum absolute atomic E-state index is 11.8. The van der Waals surface area contributed by atoms with Crippen LogP contribution in [0.2, 0.25) is 0 Å². The summed E-state index contributed by atoms with van der Waals surface area (Å²) >= 11 is 0. The van der Waals surface area contributed by atoms with Gasteiger partial charge in [-0.3, -0.25) is 4.79 Å². The van der Waals surface area contributed by atoms with E-state index < -0.39 is 0 Å². The van der Waals surface area contributed by atoms with Crippen molar-refractivity contribution < 1.29 is 4.79 Å². The quantitative estimate of drug-likeness (QED) is 0.789. The highest BCUT2D eigenvalue weighted by molar-refractivity contribution is 5.93. The Hall–Kier alpha value is -1.09. The third-order valence-corrected chi connectivity index (χ3v) is 3.08. The van der Waals surface area contributed by atoms with Gasteiger partial charge in [-0.25, -0.2) is 0 Å². The largest absolute Gasteiger partial charge is 0.315 e. The molecule has 0 spiro atoms. The van der Waals surface area contributed by atoms with Crippen molar-refractivity contribution in [3.05, 3.63) is 24.4 Å². The molecule has 0 aromatic carbocycles. The molecule has 0 saturated heterocycles. The van der Waals surface area contributed by atoms with Crippen molar-refractivity contribution in [3.63, 3.8) is 0 Å². The summed E-state index contributed by atoms with van der Waals surface area (Å²) in [7, 11) is 1.94. The van der Waals surface area contributed by atoms with Gasteiger partial charge < -0.3 is 10.2 Å². The molecule has 0 atom stereocenters. The number of carbonyl (C=O) groups is 1. The molecule has 1 amide bonds. The molecule has 90 valence electrons. The van der Waals surface area contributed by atoms with Gasteiger partial charge >= 0.3 is 0 Å². The maximum atomic E-state index is 11.8. The summed E-state index contributed by atoms with van der Waals surface area (Å²) < 4.78 is 0. The number of hydrogen-bond donors (Lipinski definition) is 1. The number of amides is 1. The van der Waals surface area contributed by atoms with E-state index in [1.54, 1.807) is 17.1 Å². The maximum Gasteiger partial charge on any atom is 0.251 e. The van der Waals surface area contributed by atoms with Crippen LogP contribution < -0.4 is 5.32 Å². The minimum Gasteiger partial charge on any atom is -0.315 e. The third kappa shape index (κ3) is 2.53. The highest BCUT2D eigenvalue weighted by atomic mass is 16.2. The number of hydrogen-bond acceptors (Lipinski definition) is 2. The first-order valence-electron chi connectivity index (χ1n) is 5.60. The molecule has 0 aromatic rings. The predicted octanol–water partition coefficient (Wildman–Crippen LogP) is 2.07. The van der Waals surface area contributed by atoms with Crippen LogP contribution in [-0.2, 0) is 4.79 Å². The van der Waals surface area contributed by atoms with Crippen molar-refractivity contribution in [3.8, 4) is 0 Å². The van der Waals surface area contributed by atoms with Crippen LogP contribution in [0.1, 0.15) is 34.1 Å². The van der Waals surface area contributed by atoms with E-state index in [1.165, 1.54) is 0 Å². The van der Waals surface area contributed by atoms with Gasteiger partial charge in [0.2, 0.25) is 0 Å². The predicted molar refractivity (Wildman–Crippen MR) is 67.0 cm³/mol. The average Bonchev–Trinajstić information content (AvgIpc) is 2.44. The van der Waals surface area contributed by atoms with Gasteiger partial charge in [-0.15, -0.1) is 0 Å². The van der Waals surface area contributed by atoms with Gasteiger partial charge in [0.05, 0.1) is 0 Å². The second kappa shape index (κ2) is 4.06. The number of allylic oxidation sites excluding steroid dienone is 1. The van der Waals surface area contributed by atoms with Gasteiger partial charge in [-0.2, -0.15) is 0 Å². The Morgan fingerprint density at radius 1 is 1.31 bits per heavy atom. The van der Waals surface area contributed by atoms with Crippen molar-refractivity contribution in [1.29, 1.82) is 0 Å². The fourth-order valence-electron chi connectivity index (χ4n) is 2.39. The monoisotopic (exact) mass is 222 g/mol. The van der Waals surface area contributed by atoms with Crippen molar-refractivity contribution in [1.82, 2.24) is 10.2 Å². The highest BCUT2D eigenvalue weighted by Gasteiger charge is 2.37. The van der Waals surface area contributed by atoms with Gasteiger partial charge in [0.15, 0.2) is 0 Å². The molecule has 1 aliphatic rings. The molecule has 0 fully saturated rings. The van der Waals surface area contributed by atoms with Crippen molar-refractivity contribution in [2.45, 2.75) is 45.2 Å². The van der Waals surface area contributed by atoms with E-state index in [0.717, 1.165) is 12.1 Å².